The molecule has 3 rings (SSSR count). The van der Waals surface area contributed by atoms with Crippen molar-refractivity contribution >= 4 is 0 Å². The van der Waals surface area contributed by atoms with Crippen molar-refractivity contribution in [3.63, 3.8) is 0 Å². The number of hydrogen-bond acceptors (Lipinski definition) is 3. The highest BCUT2D eigenvalue weighted by Gasteiger charge is 2.29. The van der Waals surface area contributed by atoms with E-state index in [1.165, 1.54) is 18.4 Å². The predicted octanol–water partition coefficient (Wildman–Crippen LogP) is 2.21. The Hall–Kier alpha value is -2.12. The molecular weight excluding hydrogens is 236 g/mol. The third-order valence-electron chi connectivity index (χ3n) is 3.64. The topological polar surface area (TPSA) is 67.6 Å². The van der Waals surface area contributed by atoms with Gasteiger partial charge in [0.25, 0.3) is 0 Å². The molecule has 96 valence electrons. The van der Waals surface area contributed by atoms with Crippen LogP contribution >= 0.6 is 0 Å². The Bertz CT molecular complexity index is 619. The second-order valence-corrected chi connectivity index (χ2v) is 5.10. The van der Waals surface area contributed by atoms with Crippen LogP contribution in [0.2, 0.25) is 0 Å². The minimum Gasteiger partial charge on any atom is -0.349 e. The first-order chi connectivity index (χ1) is 9.28. The number of nitrogens with zero attached hydrogens (tertiary/aromatic N) is 3. The lowest BCUT2D eigenvalue weighted by molar-refractivity contribution is 0.630. The van der Waals surface area contributed by atoms with E-state index in [9.17, 15) is 0 Å². The highest BCUT2D eigenvalue weighted by atomic mass is 14.9. The van der Waals surface area contributed by atoms with Crippen LogP contribution in [0.3, 0.4) is 0 Å². The van der Waals surface area contributed by atoms with Crippen molar-refractivity contribution in [3.05, 3.63) is 53.6 Å². The molecule has 0 aromatic carbocycles. The Kier molecular flexibility index (Phi) is 3.06. The zero-order chi connectivity index (χ0) is 13.2. The van der Waals surface area contributed by atoms with E-state index in [-0.39, 0.29) is 6.04 Å². The van der Waals surface area contributed by atoms with Gasteiger partial charge in [0.15, 0.2) is 0 Å². The van der Waals surface area contributed by atoms with Crippen LogP contribution in [0.5, 0.6) is 0 Å². The molecule has 19 heavy (non-hydrogen) atoms. The standard InChI is InChI=1S/C15H16N4/c16-8-14-12(2-1-6-18-14)9-19-7-5-13(10-19)15(17)11-3-4-11/h1-2,5-7,10-11,15H,3-4,9,17H2. The largest absolute Gasteiger partial charge is 0.349 e. The molecule has 2 aromatic heterocycles. The molecule has 1 unspecified atom stereocenters. The second kappa shape index (κ2) is 4.87. The van der Waals surface area contributed by atoms with Crippen molar-refractivity contribution in [2.24, 2.45) is 11.7 Å². The number of nitriles is 1. The Labute approximate surface area is 112 Å². The summed E-state index contributed by atoms with van der Waals surface area (Å²) >= 11 is 0. The van der Waals surface area contributed by atoms with Crippen LogP contribution in [0, 0.1) is 17.2 Å². The molecule has 0 spiro atoms. The molecule has 1 aliphatic rings. The highest BCUT2D eigenvalue weighted by molar-refractivity contribution is 5.31. The van der Waals surface area contributed by atoms with E-state index < -0.39 is 0 Å². The molecule has 1 fully saturated rings. The molecule has 0 aliphatic heterocycles. The van der Waals surface area contributed by atoms with Gasteiger partial charge in [-0.05, 0) is 36.5 Å². The molecule has 2 aromatic rings. The van der Waals surface area contributed by atoms with Crippen LogP contribution in [-0.2, 0) is 6.54 Å². The zero-order valence-corrected chi connectivity index (χ0v) is 10.7. The van der Waals surface area contributed by atoms with Crippen LogP contribution in [-0.4, -0.2) is 9.55 Å². The average Bonchev–Trinajstić information content (AvgIpc) is 3.19. The van der Waals surface area contributed by atoms with E-state index in [1.807, 2.05) is 18.3 Å². The minimum atomic E-state index is 0.158. The van der Waals surface area contributed by atoms with Gasteiger partial charge in [-0.15, -0.1) is 0 Å². The number of nitrogens with two attached hydrogens (primary N) is 1. The van der Waals surface area contributed by atoms with Gasteiger partial charge in [0.1, 0.15) is 11.8 Å². The van der Waals surface area contributed by atoms with Gasteiger partial charge in [-0.1, -0.05) is 6.07 Å². The van der Waals surface area contributed by atoms with Crippen molar-refractivity contribution in [2.75, 3.05) is 0 Å². The Morgan fingerprint density at radius 3 is 3.05 bits per heavy atom. The first kappa shape index (κ1) is 11.9. The fourth-order valence-electron chi connectivity index (χ4n) is 2.35. The summed E-state index contributed by atoms with van der Waals surface area (Å²) in [6.45, 7) is 0.661. The number of hydrogen-bond donors (Lipinski definition) is 1. The normalized spacial score (nSPS) is 16.0. The highest BCUT2D eigenvalue weighted by Crippen LogP contribution is 2.39. The van der Waals surface area contributed by atoms with Crippen molar-refractivity contribution in [2.45, 2.75) is 25.4 Å². The number of rotatable bonds is 4. The Morgan fingerprint density at radius 1 is 1.47 bits per heavy atom. The SMILES string of the molecule is N#Cc1ncccc1Cn1ccc(C(N)C2CC2)c1. The van der Waals surface area contributed by atoms with Gasteiger partial charge < -0.3 is 10.3 Å². The first-order valence-electron chi connectivity index (χ1n) is 6.53. The van der Waals surface area contributed by atoms with Crippen LogP contribution in [0.25, 0.3) is 0 Å². The Balaban J connectivity index is 1.78. The van der Waals surface area contributed by atoms with Gasteiger partial charge >= 0.3 is 0 Å². The summed E-state index contributed by atoms with van der Waals surface area (Å²) in [5.74, 6) is 0.656. The maximum Gasteiger partial charge on any atom is 0.145 e. The van der Waals surface area contributed by atoms with Crippen LogP contribution < -0.4 is 5.73 Å². The van der Waals surface area contributed by atoms with Gasteiger partial charge in [0, 0.05) is 36.7 Å². The van der Waals surface area contributed by atoms with E-state index in [1.54, 1.807) is 6.20 Å². The molecule has 2 heterocycles. The fraction of sp³-hybridized carbons (Fsp3) is 0.333. The number of aromatic nitrogens is 2. The molecule has 0 radical (unpaired) electrons. The molecule has 1 aliphatic carbocycles. The van der Waals surface area contributed by atoms with E-state index >= 15 is 0 Å². The smallest absolute Gasteiger partial charge is 0.145 e. The summed E-state index contributed by atoms with van der Waals surface area (Å²) in [7, 11) is 0. The third kappa shape index (κ3) is 2.51. The predicted molar refractivity (Wildman–Crippen MR) is 72.1 cm³/mol. The van der Waals surface area contributed by atoms with E-state index in [0.717, 1.165) is 5.56 Å². The van der Waals surface area contributed by atoms with Gasteiger partial charge in [-0.3, -0.25) is 0 Å². The van der Waals surface area contributed by atoms with Crippen molar-refractivity contribution < 1.29 is 0 Å². The lowest BCUT2D eigenvalue weighted by Gasteiger charge is -2.08. The molecule has 2 N–H and O–H groups in total. The van der Waals surface area contributed by atoms with Crippen molar-refractivity contribution in [1.29, 1.82) is 5.26 Å². The van der Waals surface area contributed by atoms with Gasteiger partial charge in [-0.2, -0.15) is 5.26 Å². The summed E-state index contributed by atoms with van der Waals surface area (Å²) in [4.78, 5) is 4.07. The van der Waals surface area contributed by atoms with Gasteiger partial charge in [0.05, 0.1) is 0 Å². The van der Waals surface area contributed by atoms with E-state index in [0.29, 0.717) is 18.2 Å². The molecule has 4 nitrogen and oxygen atoms in total. The van der Waals surface area contributed by atoms with Crippen LogP contribution in [0.15, 0.2) is 36.8 Å². The van der Waals surface area contributed by atoms with E-state index in [2.05, 4.69) is 27.9 Å². The molecule has 4 heteroatoms. The summed E-state index contributed by atoms with van der Waals surface area (Å²) in [5.41, 5.74) is 8.80. The molecule has 1 atom stereocenters. The number of pyridine rings is 1. The fourth-order valence-corrected chi connectivity index (χ4v) is 2.35. The zero-order valence-electron chi connectivity index (χ0n) is 10.7. The van der Waals surface area contributed by atoms with Gasteiger partial charge in [0.2, 0.25) is 0 Å². The average molecular weight is 252 g/mol. The summed E-state index contributed by atoms with van der Waals surface area (Å²) in [6, 6.07) is 8.15. The van der Waals surface area contributed by atoms with Crippen LogP contribution in [0.1, 0.15) is 35.7 Å². The molecule has 1 saturated carbocycles. The van der Waals surface area contributed by atoms with Crippen LogP contribution in [0.4, 0.5) is 0 Å². The summed E-state index contributed by atoms with van der Waals surface area (Å²) in [6.07, 6.45) is 8.23. The molecule has 0 bridgehead atoms. The second-order valence-electron chi connectivity index (χ2n) is 5.10. The first-order valence-corrected chi connectivity index (χ1v) is 6.53. The van der Waals surface area contributed by atoms with Crippen molar-refractivity contribution in [3.8, 4) is 6.07 Å². The minimum absolute atomic E-state index is 0.158. The maximum absolute atomic E-state index is 9.03. The Morgan fingerprint density at radius 2 is 2.32 bits per heavy atom. The lowest BCUT2D eigenvalue weighted by atomic mass is 10.1. The third-order valence-corrected chi connectivity index (χ3v) is 3.64. The van der Waals surface area contributed by atoms with Crippen molar-refractivity contribution in [1.82, 2.24) is 9.55 Å². The monoisotopic (exact) mass is 252 g/mol. The summed E-state index contributed by atoms with van der Waals surface area (Å²) in [5, 5.41) is 9.03. The lowest BCUT2D eigenvalue weighted by Crippen LogP contribution is -2.11. The molecule has 0 amide bonds. The molecule has 0 saturated heterocycles. The quantitative estimate of drug-likeness (QED) is 0.907. The molecular formula is C15H16N4. The maximum atomic E-state index is 9.03. The van der Waals surface area contributed by atoms with Gasteiger partial charge in [-0.25, -0.2) is 4.98 Å². The van der Waals surface area contributed by atoms with E-state index in [4.69, 9.17) is 11.0 Å². The summed E-state index contributed by atoms with van der Waals surface area (Å²) < 4.78 is 2.06.